The number of nitrogens with one attached hydrogen (secondary N) is 2. The maximum Gasteiger partial charge on any atom is 0.314 e. The van der Waals surface area contributed by atoms with E-state index >= 15 is 0 Å². The molecule has 0 unspecified atom stereocenters. The normalized spacial score (nSPS) is 15.9. The summed E-state index contributed by atoms with van der Waals surface area (Å²) in [4.78, 5) is 25.3. The molecule has 0 bridgehead atoms. The topological polar surface area (TPSA) is 74.6 Å². The van der Waals surface area contributed by atoms with Gasteiger partial charge in [0.15, 0.2) is 0 Å². The Balaban J connectivity index is 1.72. The molecular formula is C14H21N3O3. The molecule has 0 spiro atoms. The monoisotopic (exact) mass is 279 g/mol. The van der Waals surface area contributed by atoms with Crippen molar-refractivity contribution in [1.82, 2.24) is 15.5 Å². The van der Waals surface area contributed by atoms with Gasteiger partial charge in [-0.1, -0.05) is 0 Å². The van der Waals surface area contributed by atoms with Crippen LogP contribution in [-0.2, 0) is 0 Å². The lowest BCUT2D eigenvalue weighted by Gasteiger charge is -2.31. The predicted octanol–water partition coefficient (Wildman–Crippen LogP) is 1.45. The minimum atomic E-state index is -0.121. The number of nitrogens with zero attached hydrogens (tertiary/aromatic N) is 1. The van der Waals surface area contributed by atoms with Crippen LogP contribution in [0.3, 0.4) is 0 Å². The van der Waals surface area contributed by atoms with Crippen LogP contribution in [0.25, 0.3) is 0 Å². The first-order valence-electron chi connectivity index (χ1n) is 7.04. The Hall–Kier alpha value is -1.98. The number of urea groups is 1. The number of rotatable bonds is 4. The largest absolute Gasteiger partial charge is 0.472 e. The van der Waals surface area contributed by atoms with E-state index in [0.29, 0.717) is 24.6 Å². The Morgan fingerprint density at radius 3 is 2.70 bits per heavy atom. The van der Waals surface area contributed by atoms with Crippen LogP contribution in [0.4, 0.5) is 4.79 Å². The molecule has 1 aliphatic heterocycles. The van der Waals surface area contributed by atoms with Gasteiger partial charge in [0.25, 0.3) is 5.91 Å². The number of furan rings is 1. The number of likely N-dealkylation sites (tertiary alicyclic amines) is 1. The molecule has 1 aromatic rings. The molecule has 20 heavy (non-hydrogen) atoms. The van der Waals surface area contributed by atoms with Crippen LogP contribution in [0.2, 0.25) is 0 Å². The molecule has 2 N–H and O–H groups in total. The summed E-state index contributed by atoms with van der Waals surface area (Å²) in [5.74, 6) is 0.458. The summed E-state index contributed by atoms with van der Waals surface area (Å²) in [7, 11) is 0. The van der Waals surface area contributed by atoms with Gasteiger partial charge in [-0.2, -0.15) is 0 Å². The fraction of sp³-hybridized carbons (Fsp3) is 0.571. The van der Waals surface area contributed by atoms with Gasteiger partial charge in [-0.05, 0) is 31.7 Å². The lowest BCUT2D eigenvalue weighted by Crippen LogP contribution is -2.43. The zero-order chi connectivity index (χ0) is 14.4. The number of amides is 3. The molecule has 1 fully saturated rings. The molecule has 0 saturated carbocycles. The Morgan fingerprint density at radius 1 is 1.35 bits per heavy atom. The molecule has 6 heteroatoms. The predicted molar refractivity (Wildman–Crippen MR) is 74.4 cm³/mol. The summed E-state index contributed by atoms with van der Waals surface area (Å²) >= 11 is 0. The van der Waals surface area contributed by atoms with E-state index in [1.165, 1.54) is 12.5 Å². The average Bonchev–Trinajstić information content (AvgIpc) is 2.99. The Kier molecular flexibility index (Phi) is 5.03. The fourth-order valence-electron chi connectivity index (χ4n) is 2.37. The minimum absolute atomic E-state index is 0.0221. The Morgan fingerprint density at radius 2 is 2.10 bits per heavy atom. The van der Waals surface area contributed by atoms with Crippen LogP contribution < -0.4 is 10.6 Å². The zero-order valence-corrected chi connectivity index (χ0v) is 11.7. The maximum absolute atomic E-state index is 12.1. The van der Waals surface area contributed by atoms with Crippen LogP contribution in [0.1, 0.15) is 30.1 Å². The molecule has 110 valence electrons. The molecule has 0 aliphatic carbocycles. The van der Waals surface area contributed by atoms with Crippen molar-refractivity contribution in [3.8, 4) is 0 Å². The highest BCUT2D eigenvalue weighted by atomic mass is 16.3. The van der Waals surface area contributed by atoms with Crippen LogP contribution in [0.15, 0.2) is 23.0 Å². The molecule has 0 atom stereocenters. The third kappa shape index (κ3) is 3.76. The SMILES string of the molecule is CCNC(=O)NCC1CCN(C(=O)c2ccoc2)CC1. The van der Waals surface area contributed by atoms with Crippen molar-refractivity contribution >= 4 is 11.9 Å². The molecule has 6 nitrogen and oxygen atoms in total. The van der Waals surface area contributed by atoms with Crippen LogP contribution in [0, 0.1) is 5.92 Å². The second kappa shape index (κ2) is 6.98. The van der Waals surface area contributed by atoms with E-state index in [0.717, 1.165) is 25.9 Å². The first-order chi connectivity index (χ1) is 9.70. The molecule has 0 radical (unpaired) electrons. The van der Waals surface area contributed by atoms with Crippen molar-refractivity contribution in [2.24, 2.45) is 5.92 Å². The molecule has 1 aromatic heterocycles. The number of hydrogen-bond donors (Lipinski definition) is 2. The van der Waals surface area contributed by atoms with Gasteiger partial charge in [0.05, 0.1) is 11.8 Å². The van der Waals surface area contributed by atoms with Gasteiger partial charge < -0.3 is 20.0 Å². The number of carbonyl (C=O) groups is 2. The van der Waals surface area contributed by atoms with Crippen molar-refractivity contribution < 1.29 is 14.0 Å². The van der Waals surface area contributed by atoms with Crippen molar-refractivity contribution in [3.63, 3.8) is 0 Å². The third-order valence-electron chi connectivity index (χ3n) is 3.56. The fourth-order valence-corrected chi connectivity index (χ4v) is 2.37. The molecule has 3 amide bonds. The standard InChI is InChI=1S/C14H21N3O3/c1-2-15-14(19)16-9-11-3-6-17(7-4-11)13(18)12-5-8-20-10-12/h5,8,10-11H,2-4,6-7,9H2,1H3,(H2,15,16,19). The lowest BCUT2D eigenvalue weighted by molar-refractivity contribution is 0.0690. The van der Waals surface area contributed by atoms with Crippen LogP contribution in [-0.4, -0.2) is 43.0 Å². The van der Waals surface area contributed by atoms with Gasteiger partial charge in [0, 0.05) is 26.2 Å². The summed E-state index contributed by atoms with van der Waals surface area (Å²) < 4.78 is 4.93. The minimum Gasteiger partial charge on any atom is -0.472 e. The van der Waals surface area contributed by atoms with Gasteiger partial charge in [-0.15, -0.1) is 0 Å². The molecule has 1 saturated heterocycles. The van der Waals surface area contributed by atoms with E-state index in [4.69, 9.17) is 4.42 Å². The maximum atomic E-state index is 12.1. The van der Waals surface area contributed by atoms with Crippen LogP contribution >= 0.6 is 0 Å². The molecule has 2 heterocycles. The van der Waals surface area contributed by atoms with Crippen molar-refractivity contribution in [2.45, 2.75) is 19.8 Å². The quantitative estimate of drug-likeness (QED) is 0.876. The van der Waals surface area contributed by atoms with Crippen molar-refractivity contribution in [1.29, 1.82) is 0 Å². The van der Waals surface area contributed by atoms with Gasteiger partial charge in [-0.25, -0.2) is 4.79 Å². The first-order valence-corrected chi connectivity index (χ1v) is 7.04. The van der Waals surface area contributed by atoms with E-state index < -0.39 is 0 Å². The smallest absolute Gasteiger partial charge is 0.314 e. The number of carbonyl (C=O) groups excluding carboxylic acids is 2. The summed E-state index contributed by atoms with van der Waals surface area (Å²) in [6, 6.07) is 1.56. The van der Waals surface area contributed by atoms with Crippen molar-refractivity contribution in [2.75, 3.05) is 26.2 Å². The second-order valence-corrected chi connectivity index (χ2v) is 4.99. The molecule has 0 aromatic carbocycles. The second-order valence-electron chi connectivity index (χ2n) is 4.99. The average molecular weight is 279 g/mol. The van der Waals surface area contributed by atoms with E-state index in [1.807, 2.05) is 11.8 Å². The van der Waals surface area contributed by atoms with Gasteiger partial charge in [-0.3, -0.25) is 4.79 Å². The van der Waals surface area contributed by atoms with Gasteiger partial charge >= 0.3 is 6.03 Å². The highest BCUT2D eigenvalue weighted by Gasteiger charge is 2.24. The molecular weight excluding hydrogens is 258 g/mol. The molecule has 1 aliphatic rings. The van der Waals surface area contributed by atoms with Gasteiger partial charge in [0.1, 0.15) is 6.26 Å². The van der Waals surface area contributed by atoms with E-state index in [2.05, 4.69) is 10.6 Å². The van der Waals surface area contributed by atoms with Crippen molar-refractivity contribution in [3.05, 3.63) is 24.2 Å². The first kappa shape index (κ1) is 14.4. The van der Waals surface area contributed by atoms with E-state index in [1.54, 1.807) is 6.07 Å². The lowest BCUT2D eigenvalue weighted by atomic mass is 9.96. The zero-order valence-electron chi connectivity index (χ0n) is 11.7. The highest BCUT2D eigenvalue weighted by molar-refractivity contribution is 5.93. The van der Waals surface area contributed by atoms with Crippen LogP contribution in [0.5, 0.6) is 0 Å². The van der Waals surface area contributed by atoms with E-state index in [-0.39, 0.29) is 11.9 Å². The Bertz CT molecular complexity index is 437. The summed E-state index contributed by atoms with van der Waals surface area (Å²) in [5, 5.41) is 5.56. The summed E-state index contributed by atoms with van der Waals surface area (Å²) in [6.07, 6.45) is 4.81. The number of piperidine rings is 1. The highest BCUT2D eigenvalue weighted by Crippen LogP contribution is 2.18. The third-order valence-corrected chi connectivity index (χ3v) is 3.56. The Labute approximate surface area is 118 Å². The van der Waals surface area contributed by atoms with Gasteiger partial charge in [0.2, 0.25) is 0 Å². The molecule has 2 rings (SSSR count). The number of hydrogen-bond acceptors (Lipinski definition) is 3. The summed E-state index contributed by atoms with van der Waals surface area (Å²) in [6.45, 7) is 4.64. The van der Waals surface area contributed by atoms with E-state index in [9.17, 15) is 9.59 Å². The summed E-state index contributed by atoms with van der Waals surface area (Å²) in [5.41, 5.74) is 0.601.